The number of aromatic nitrogens is 1. The predicted molar refractivity (Wildman–Crippen MR) is 87.0 cm³/mol. The molecule has 6 heteroatoms. The summed E-state index contributed by atoms with van der Waals surface area (Å²) in [6.07, 6.45) is 0. The van der Waals surface area contributed by atoms with Gasteiger partial charge in [-0.25, -0.2) is 4.98 Å². The fourth-order valence-electron chi connectivity index (χ4n) is 2.24. The van der Waals surface area contributed by atoms with Gasteiger partial charge in [-0.1, -0.05) is 0 Å². The van der Waals surface area contributed by atoms with E-state index in [2.05, 4.69) is 37.9 Å². The van der Waals surface area contributed by atoms with Crippen LogP contribution in [-0.4, -0.2) is 43.4 Å². The van der Waals surface area contributed by atoms with Crippen LogP contribution in [-0.2, 0) is 22.6 Å². The molecule has 2 rings (SSSR count). The summed E-state index contributed by atoms with van der Waals surface area (Å²) >= 11 is 1.77. The van der Waals surface area contributed by atoms with Crippen LogP contribution in [0.15, 0.2) is 0 Å². The summed E-state index contributed by atoms with van der Waals surface area (Å²) in [5.41, 5.74) is 1.15. The third-order valence-corrected chi connectivity index (χ3v) is 4.58. The quantitative estimate of drug-likeness (QED) is 0.904. The van der Waals surface area contributed by atoms with E-state index >= 15 is 0 Å². The molecular formula is C15H27N3O2S. The third kappa shape index (κ3) is 4.64. The number of nitrogens with zero attached hydrogens (tertiary/aromatic N) is 2. The number of nitrogens with one attached hydrogen (secondary N) is 1. The molecule has 0 aromatic carbocycles. The Hall–Kier alpha value is -0.690. The summed E-state index contributed by atoms with van der Waals surface area (Å²) < 4.78 is 10.8. The summed E-state index contributed by atoms with van der Waals surface area (Å²) in [5.74, 6) is 0. The van der Waals surface area contributed by atoms with Gasteiger partial charge in [-0.3, -0.25) is 0 Å². The number of ether oxygens (including phenoxy) is 2. The van der Waals surface area contributed by atoms with E-state index in [1.54, 1.807) is 18.4 Å². The van der Waals surface area contributed by atoms with Crippen molar-refractivity contribution in [2.45, 2.75) is 52.4 Å². The predicted octanol–water partition coefficient (Wildman–Crippen LogP) is 2.40. The second kappa shape index (κ2) is 7.05. The highest BCUT2D eigenvalue weighted by atomic mass is 32.1. The van der Waals surface area contributed by atoms with Crippen LogP contribution in [0.2, 0.25) is 0 Å². The zero-order chi connectivity index (χ0) is 15.5. The molecule has 120 valence electrons. The van der Waals surface area contributed by atoms with Crippen LogP contribution < -0.4 is 10.2 Å². The van der Waals surface area contributed by atoms with Gasteiger partial charge >= 0.3 is 0 Å². The number of anilines is 1. The number of morpholine rings is 1. The van der Waals surface area contributed by atoms with E-state index in [4.69, 9.17) is 14.5 Å². The molecule has 1 saturated heterocycles. The lowest BCUT2D eigenvalue weighted by atomic mass is 10.1. The molecule has 1 atom stereocenters. The van der Waals surface area contributed by atoms with Gasteiger partial charge in [-0.15, -0.1) is 11.3 Å². The number of methoxy groups -OCH3 is 1. The summed E-state index contributed by atoms with van der Waals surface area (Å²) in [5, 5.41) is 4.62. The SMILES string of the molecule is COCc1nc(N2CCOCC2C)sc1CNC(C)(C)C. The Morgan fingerprint density at radius 1 is 1.48 bits per heavy atom. The standard InChI is InChI=1S/C15H27N3O2S/c1-11-9-20-7-6-18(11)14-17-12(10-19-5)13(21-14)8-16-15(2,3)4/h11,16H,6-10H2,1-5H3. The summed E-state index contributed by atoms with van der Waals surface area (Å²) in [6, 6.07) is 0.378. The highest BCUT2D eigenvalue weighted by molar-refractivity contribution is 7.15. The molecule has 0 bridgehead atoms. The minimum absolute atomic E-state index is 0.0980. The van der Waals surface area contributed by atoms with Gasteiger partial charge in [0, 0.05) is 30.6 Å². The van der Waals surface area contributed by atoms with Crippen LogP contribution in [0.4, 0.5) is 5.13 Å². The minimum Gasteiger partial charge on any atom is -0.378 e. The molecule has 1 aliphatic heterocycles. The first-order chi connectivity index (χ1) is 9.90. The van der Waals surface area contributed by atoms with E-state index < -0.39 is 0 Å². The van der Waals surface area contributed by atoms with E-state index in [1.165, 1.54) is 4.88 Å². The highest BCUT2D eigenvalue weighted by Crippen LogP contribution is 2.29. The molecule has 1 aliphatic rings. The lowest BCUT2D eigenvalue weighted by molar-refractivity contribution is 0.0988. The van der Waals surface area contributed by atoms with E-state index in [-0.39, 0.29) is 5.54 Å². The first kappa shape index (κ1) is 16.7. The average Bonchev–Trinajstić information content (AvgIpc) is 2.80. The van der Waals surface area contributed by atoms with Gasteiger partial charge < -0.3 is 19.7 Å². The molecule has 5 nitrogen and oxygen atoms in total. The lowest BCUT2D eigenvalue weighted by Crippen LogP contribution is -2.43. The molecule has 2 heterocycles. The summed E-state index contributed by atoms with van der Waals surface area (Å²) in [7, 11) is 1.72. The molecule has 0 amide bonds. The van der Waals surface area contributed by atoms with Crippen molar-refractivity contribution in [2.75, 3.05) is 31.8 Å². The van der Waals surface area contributed by atoms with Crippen LogP contribution in [0.25, 0.3) is 0 Å². The molecule has 0 spiro atoms. The van der Waals surface area contributed by atoms with Gasteiger partial charge in [0.1, 0.15) is 0 Å². The van der Waals surface area contributed by atoms with E-state index in [0.717, 1.165) is 37.1 Å². The molecule has 1 fully saturated rings. The maximum Gasteiger partial charge on any atom is 0.186 e. The fourth-order valence-corrected chi connectivity index (χ4v) is 3.37. The average molecular weight is 313 g/mol. The Morgan fingerprint density at radius 3 is 2.86 bits per heavy atom. The van der Waals surface area contributed by atoms with Crippen LogP contribution in [0.3, 0.4) is 0 Å². The maximum absolute atomic E-state index is 5.51. The lowest BCUT2D eigenvalue weighted by Gasteiger charge is -2.32. The summed E-state index contributed by atoms with van der Waals surface area (Å²) in [6.45, 7) is 12.6. The minimum atomic E-state index is 0.0980. The van der Waals surface area contributed by atoms with Crippen molar-refractivity contribution in [3.8, 4) is 0 Å². The highest BCUT2D eigenvalue weighted by Gasteiger charge is 2.24. The first-order valence-corrected chi connectivity index (χ1v) is 8.29. The topological polar surface area (TPSA) is 46.6 Å². The smallest absolute Gasteiger partial charge is 0.186 e. The molecule has 1 aromatic heterocycles. The molecule has 1 N–H and O–H groups in total. The van der Waals surface area contributed by atoms with E-state index in [0.29, 0.717) is 12.6 Å². The van der Waals surface area contributed by atoms with Gasteiger partial charge in [-0.05, 0) is 27.7 Å². The normalized spacial score (nSPS) is 20.0. The molecule has 1 unspecified atom stereocenters. The molecular weight excluding hydrogens is 286 g/mol. The molecule has 0 saturated carbocycles. The number of rotatable bonds is 5. The number of hydrogen-bond donors (Lipinski definition) is 1. The van der Waals surface area contributed by atoms with Gasteiger partial charge in [-0.2, -0.15) is 0 Å². The molecule has 21 heavy (non-hydrogen) atoms. The van der Waals surface area contributed by atoms with Crippen molar-refractivity contribution in [1.29, 1.82) is 0 Å². The van der Waals surface area contributed by atoms with Crippen LogP contribution >= 0.6 is 11.3 Å². The Morgan fingerprint density at radius 2 is 2.24 bits per heavy atom. The van der Waals surface area contributed by atoms with Crippen molar-refractivity contribution >= 4 is 16.5 Å². The van der Waals surface area contributed by atoms with E-state index in [9.17, 15) is 0 Å². The maximum atomic E-state index is 5.51. The fraction of sp³-hybridized carbons (Fsp3) is 0.800. The van der Waals surface area contributed by atoms with Crippen LogP contribution in [0.5, 0.6) is 0 Å². The summed E-state index contributed by atoms with van der Waals surface area (Å²) in [4.78, 5) is 8.40. The second-order valence-electron chi connectivity index (χ2n) is 6.52. The number of thiazole rings is 1. The second-order valence-corrected chi connectivity index (χ2v) is 7.58. The van der Waals surface area contributed by atoms with Crippen LogP contribution in [0.1, 0.15) is 38.3 Å². The Kier molecular flexibility index (Phi) is 5.60. The monoisotopic (exact) mass is 313 g/mol. The third-order valence-electron chi connectivity index (χ3n) is 3.44. The van der Waals surface area contributed by atoms with Crippen molar-refractivity contribution < 1.29 is 9.47 Å². The largest absolute Gasteiger partial charge is 0.378 e. The first-order valence-electron chi connectivity index (χ1n) is 7.47. The van der Waals surface area contributed by atoms with Gasteiger partial charge in [0.05, 0.1) is 31.6 Å². The van der Waals surface area contributed by atoms with Crippen molar-refractivity contribution in [3.05, 3.63) is 10.6 Å². The van der Waals surface area contributed by atoms with Gasteiger partial charge in [0.2, 0.25) is 0 Å². The van der Waals surface area contributed by atoms with Gasteiger partial charge in [0.15, 0.2) is 5.13 Å². The molecule has 1 aromatic rings. The van der Waals surface area contributed by atoms with Crippen molar-refractivity contribution in [1.82, 2.24) is 10.3 Å². The Bertz CT molecular complexity index is 456. The zero-order valence-electron chi connectivity index (χ0n) is 13.7. The zero-order valence-corrected chi connectivity index (χ0v) is 14.5. The van der Waals surface area contributed by atoms with Crippen LogP contribution in [0, 0.1) is 0 Å². The van der Waals surface area contributed by atoms with E-state index in [1.807, 2.05) is 0 Å². The molecule has 0 aliphatic carbocycles. The Labute approximate surface area is 131 Å². The molecule has 0 radical (unpaired) electrons. The Balaban J connectivity index is 2.15. The van der Waals surface area contributed by atoms with Gasteiger partial charge in [0.25, 0.3) is 0 Å². The van der Waals surface area contributed by atoms with Crippen molar-refractivity contribution in [2.24, 2.45) is 0 Å². The number of hydrogen-bond acceptors (Lipinski definition) is 6. The van der Waals surface area contributed by atoms with Crippen molar-refractivity contribution in [3.63, 3.8) is 0 Å².